The average molecular weight is 194 g/mol. The molecule has 1 aromatic heterocycles. The molecule has 0 aliphatic rings. The summed E-state index contributed by atoms with van der Waals surface area (Å²) in [6, 6.07) is 8.64. The molecule has 0 aliphatic carbocycles. The molecule has 62 valence electrons. The predicted octanol–water partition coefficient (Wildman–Crippen LogP) is 3.64. The zero-order valence-corrected chi connectivity index (χ0v) is 8.58. The van der Waals surface area contributed by atoms with Crippen molar-refractivity contribution in [2.75, 3.05) is 0 Å². The highest BCUT2D eigenvalue weighted by Crippen LogP contribution is 2.28. The number of rotatable bonds is 1. The molecule has 0 radical (unpaired) electrons. The second-order valence-corrected chi connectivity index (χ2v) is 4.32. The van der Waals surface area contributed by atoms with E-state index in [2.05, 4.69) is 43.8 Å². The lowest BCUT2D eigenvalue weighted by Gasteiger charge is -1.91. The van der Waals surface area contributed by atoms with E-state index in [9.17, 15) is 0 Å². The SMILES string of the molecule is Cc1cccc2cc(CS)sc12. The fourth-order valence-corrected chi connectivity index (χ4v) is 2.61. The van der Waals surface area contributed by atoms with Gasteiger partial charge in [-0.15, -0.1) is 11.3 Å². The molecular weight excluding hydrogens is 184 g/mol. The number of thiophene rings is 1. The monoisotopic (exact) mass is 194 g/mol. The molecule has 12 heavy (non-hydrogen) atoms. The van der Waals surface area contributed by atoms with Crippen LogP contribution in [-0.2, 0) is 5.75 Å². The zero-order chi connectivity index (χ0) is 8.55. The van der Waals surface area contributed by atoms with E-state index in [0.29, 0.717) is 0 Å². The zero-order valence-electron chi connectivity index (χ0n) is 6.87. The summed E-state index contributed by atoms with van der Waals surface area (Å²) >= 11 is 6.11. The van der Waals surface area contributed by atoms with Gasteiger partial charge >= 0.3 is 0 Å². The number of benzene rings is 1. The van der Waals surface area contributed by atoms with Crippen LogP contribution < -0.4 is 0 Å². The number of fused-ring (bicyclic) bond motifs is 1. The van der Waals surface area contributed by atoms with Gasteiger partial charge in [0.2, 0.25) is 0 Å². The molecule has 0 unspecified atom stereocenters. The number of aryl methyl sites for hydroxylation is 1. The largest absolute Gasteiger partial charge is 0.174 e. The highest BCUT2D eigenvalue weighted by Gasteiger charge is 2.01. The van der Waals surface area contributed by atoms with E-state index in [1.165, 1.54) is 20.5 Å². The van der Waals surface area contributed by atoms with E-state index in [-0.39, 0.29) is 0 Å². The number of hydrogen-bond acceptors (Lipinski definition) is 2. The maximum atomic E-state index is 4.27. The third-order valence-electron chi connectivity index (χ3n) is 1.95. The summed E-state index contributed by atoms with van der Waals surface area (Å²) in [5.74, 6) is 0.846. The van der Waals surface area contributed by atoms with Gasteiger partial charge in [-0.05, 0) is 23.9 Å². The fraction of sp³-hybridized carbons (Fsp3) is 0.200. The lowest BCUT2D eigenvalue weighted by molar-refractivity contribution is 1.56. The van der Waals surface area contributed by atoms with Crippen LogP contribution in [0.15, 0.2) is 24.3 Å². The molecule has 2 aromatic rings. The molecule has 0 amide bonds. The van der Waals surface area contributed by atoms with E-state index >= 15 is 0 Å². The van der Waals surface area contributed by atoms with Crippen LogP contribution in [0.4, 0.5) is 0 Å². The minimum absolute atomic E-state index is 0.846. The fourth-order valence-electron chi connectivity index (χ4n) is 1.34. The van der Waals surface area contributed by atoms with Gasteiger partial charge in [-0.1, -0.05) is 18.2 Å². The van der Waals surface area contributed by atoms with Crippen LogP contribution in [-0.4, -0.2) is 0 Å². The molecule has 0 saturated heterocycles. The minimum atomic E-state index is 0.846. The van der Waals surface area contributed by atoms with Crippen molar-refractivity contribution in [3.8, 4) is 0 Å². The third-order valence-corrected chi connectivity index (χ3v) is 3.79. The van der Waals surface area contributed by atoms with E-state index in [4.69, 9.17) is 0 Å². The first kappa shape index (κ1) is 8.14. The summed E-state index contributed by atoms with van der Waals surface area (Å²) < 4.78 is 1.40. The van der Waals surface area contributed by atoms with Crippen molar-refractivity contribution in [2.45, 2.75) is 12.7 Å². The van der Waals surface area contributed by atoms with Gasteiger partial charge in [0.05, 0.1) is 0 Å². The van der Waals surface area contributed by atoms with Crippen LogP contribution in [0.3, 0.4) is 0 Å². The van der Waals surface area contributed by atoms with Gasteiger partial charge in [0.25, 0.3) is 0 Å². The summed E-state index contributed by atoms with van der Waals surface area (Å²) in [5, 5.41) is 1.35. The van der Waals surface area contributed by atoms with E-state index in [1.807, 2.05) is 11.3 Å². The molecule has 0 nitrogen and oxygen atoms in total. The van der Waals surface area contributed by atoms with Crippen molar-refractivity contribution in [3.05, 3.63) is 34.7 Å². The van der Waals surface area contributed by atoms with Crippen molar-refractivity contribution >= 4 is 34.1 Å². The maximum absolute atomic E-state index is 4.27. The van der Waals surface area contributed by atoms with Gasteiger partial charge in [-0.25, -0.2) is 0 Å². The molecule has 0 fully saturated rings. The molecule has 0 spiro atoms. The Kier molecular flexibility index (Phi) is 2.11. The second-order valence-electron chi connectivity index (χ2n) is 2.86. The van der Waals surface area contributed by atoms with Crippen LogP contribution in [0.1, 0.15) is 10.4 Å². The highest BCUT2D eigenvalue weighted by molar-refractivity contribution is 7.79. The van der Waals surface area contributed by atoms with E-state index < -0.39 is 0 Å². The smallest absolute Gasteiger partial charge is 0.0375 e. The Labute approximate surface area is 81.6 Å². The Morgan fingerprint density at radius 1 is 1.42 bits per heavy atom. The average Bonchev–Trinajstić information content (AvgIpc) is 2.49. The standard InChI is InChI=1S/C10H10S2/c1-7-3-2-4-8-5-9(6-11)12-10(7)8/h2-5,11H,6H2,1H3. The van der Waals surface area contributed by atoms with Crippen LogP contribution in [0.25, 0.3) is 10.1 Å². The second kappa shape index (κ2) is 3.11. The first-order valence-corrected chi connectivity index (χ1v) is 5.35. The van der Waals surface area contributed by atoms with Crippen molar-refractivity contribution in [3.63, 3.8) is 0 Å². The molecular formula is C10H10S2. The van der Waals surface area contributed by atoms with Crippen molar-refractivity contribution < 1.29 is 0 Å². The molecule has 0 aliphatic heterocycles. The third kappa shape index (κ3) is 1.25. The van der Waals surface area contributed by atoms with Crippen LogP contribution in [0.5, 0.6) is 0 Å². The molecule has 0 bridgehead atoms. The van der Waals surface area contributed by atoms with Gasteiger partial charge < -0.3 is 0 Å². The molecule has 0 saturated carbocycles. The maximum Gasteiger partial charge on any atom is 0.0375 e. The van der Waals surface area contributed by atoms with E-state index in [0.717, 1.165) is 5.75 Å². The van der Waals surface area contributed by atoms with Gasteiger partial charge in [-0.3, -0.25) is 0 Å². The van der Waals surface area contributed by atoms with Crippen LogP contribution >= 0.6 is 24.0 Å². The summed E-state index contributed by atoms with van der Waals surface area (Å²) in [5.41, 5.74) is 1.37. The van der Waals surface area contributed by atoms with Crippen molar-refractivity contribution in [1.29, 1.82) is 0 Å². The predicted molar refractivity (Wildman–Crippen MR) is 59.3 cm³/mol. The van der Waals surface area contributed by atoms with Gasteiger partial charge in [0.15, 0.2) is 0 Å². The topological polar surface area (TPSA) is 0 Å². The normalized spacial score (nSPS) is 10.8. The Morgan fingerprint density at radius 2 is 2.25 bits per heavy atom. The lowest BCUT2D eigenvalue weighted by Crippen LogP contribution is -1.68. The van der Waals surface area contributed by atoms with Crippen LogP contribution in [0, 0.1) is 6.92 Å². The van der Waals surface area contributed by atoms with Crippen molar-refractivity contribution in [2.24, 2.45) is 0 Å². The summed E-state index contributed by atoms with van der Waals surface area (Å²) in [6.45, 7) is 2.15. The Bertz CT molecular complexity index is 401. The summed E-state index contributed by atoms with van der Waals surface area (Å²) in [4.78, 5) is 1.35. The Balaban J connectivity index is 2.74. The lowest BCUT2D eigenvalue weighted by atomic mass is 10.2. The number of hydrogen-bond donors (Lipinski definition) is 1. The van der Waals surface area contributed by atoms with Crippen molar-refractivity contribution in [1.82, 2.24) is 0 Å². The first-order valence-electron chi connectivity index (χ1n) is 3.90. The van der Waals surface area contributed by atoms with Crippen LogP contribution in [0.2, 0.25) is 0 Å². The number of thiol groups is 1. The first-order chi connectivity index (χ1) is 5.81. The molecule has 1 heterocycles. The van der Waals surface area contributed by atoms with E-state index in [1.54, 1.807) is 0 Å². The quantitative estimate of drug-likeness (QED) is 0.658. The molecule has 0 N–H and O–H groups in total. The molecule has 0 atom stereocenters. The molecule has 2 rings (SSSR count). The van der Waals surface area contributed by atoms with Gasteiger partial charge in [0.1, 0.15) is 0 Å². The molecule has 1 aromatic carbocycles. The molecule has 2 heteroatoms. The van der Waals surface area contributed by atoms with Gasteiger partial charge in [0, 0.05) is 15.3 Å². The van der Waals surface area contributed by atoms with Gasteiger partial charge in [-0.2, -0.15) is 12.6 Å². The Hall–Kier alpha value is -0.470. The summed E-state index contributed by atoms with van der Waals surface area (Å²) in [7, 11) is 0. The highest BCUT2D eigenvalue weighted by atomic mass is 32.1. The Morgan fingerprint density at radius 3 is 2.92 bits per heavy atom. The summed E-state index contributed by atoms with van der Waals surface area (Å²) in [6.07, 6.45) is 0. The minimum Gasteiger partial charge on any atom is -0.174 e.